The molecule has 1 heterocycles. The van der Waals surface area contributed by atoms with Crippen LogP contribution in [0.2, 0.25) is 0 Å². The summed E-state index contributed by atoms with van der Waals surface area (Å²) >= 11 is 0. The van der Waals surface area contributed by atoms with Gasteiger partial charge in [-0.2, -0.15) is 13.2 Å². The molecule has 144 valence electrons. The number of ether oxygens (including phenoxy) is 1. The highest BCUT2D eigenvalue weighted by molar-refractivity contribution is 5.89. The van der Waals surface area contributed by atoms with Crippen LogP contribution in [0.25, 0.3) is 5.57 Å². The van der Waals surface area contributed by atoms with Gasteiger partial charge in [-0.15, -0.1) is 0 Å². The van der Waals surface area contributed by atoms with E-state index in [4.69, 9.17) is 0 Å². The SMILES string of the molecule is COC(=O)C1(C(F)(F)F)C=C2CC(c3ccc([N+](=O)[O-])cc3)=C2CCN1C. The first-order valence-electron chi connectivity index (χ1n) is 8.17. The van der Waals surface area contributed by atoms with Gasteiger partial charge in [0.05, 0.1) is 12.0 Å². The summed E-state index contributed by atoms with van der Waals surface area (Å²) in [7, 11) is 2.19. The molecule has 1 aliphatic carbocycles. The lowest BCUT2D eigenvalue weighted by molar-refractivity contribution is -0.384. The molecule has 2 aliphatic rings. The Hall–Kier alpha value is -2.68. The molecule has 0 bridgehead atoms. The number of benzene rings is 1. The van der Waals surface area contributed by atoms with Crippen molar-refractivity contribution in [2.24, 2.45) is 0 Å². The topological polar surface area (TPSA) is 72.7 Å². The fourth-order valence-corrected chi connectivity index (χ4v) is 3.60. The normalized spacial score (nSPS) is 23.1. The third kappa shape index (κ3) is 2.91. The molecular weight excluding hydrogens is 365 g/mol. The number of alkyl halides is 3. The largest absolute Gasteiger partial charge is 0.467 e. The maximum Gasteiger partial charge on any atom is 0.421 e. The van der Waals surface area contributed by atoms with E-state index in [1.54, 1.807) is 12.1 Å². The number of allylic oxidation sites excluding steroid dienone is 2. The summed E-state index contributed by atoms with van der Waals surface area (Å²) in [5.74, 6) is -1.37. The summed E-state index contributed by atoms with van der Waals surface area (Å²) in [6.45, 7) is 0.0143. The number of nitro benzene ring substituents is 1. The number of halogens is 3. The van der Waals surface area contributed by atoms with E-state index in [0.29, 0.717) is 12.0 Å². The second-order valence-electron chi connectivity index (χ2n) is 6.53. The summed E-state index contributed by atoms with van der Waals surface area (Å²) in [4.78, 5) is 23.3. The number of carbonyl (C=O) groups is 1. The fraction of sp³-hybridized carbons (Fsp3) is 0.389. The molecule has 6 nitrogen and oxygen atoms in total. The number of likely N-dealkylation sites (N-methyl/N-ethyl adjacent to an activating group) is 1. The third-order valence-electron chi connectivity index (χ3n) is 5.16. The molecule has 0 aromatic heterocycles. The molecule has 1 aliphatic heterocycles. The smallest absolute Gasteiger partial charge is 0.421 e. The van der Waals surface area contributed by atoms with Crippen LogP contribution in [0, 0.1) is 10.1 Å². The van der Waals surface area contributed by atoms with Crippen molar-refractivity contribution >= 4 is 17.2 Å². The van der Waals surface area contributed by atoms with E-state index in [0.717, 1.165) is 34.8 Å². The van der Waals surface area contributed by atoms with Gasteiger partial charge in [0.2, 0.25) is 5.54 Å². The molecule has 1 aromatic rings. The molecule has 27 heavy (non-hydrogen) atoms. The molecule has 1 atom stereocenters. The maximum atomic E-state index is 13.9. The Balaban J connectivity index is 2.05. The van der Waals surface area contributed by atoms with E-state index in [-0.39, 0.29) is 18.7 Å². The van der Waals surface area contributed by atoms with Crippen LogP contribution in [0.5, 0.6) is 0 Å². The van der Waals surface area contributed by atoms with E-state index in [2.05, 4.69) is 4.74 Å². The van der Waals surface area contributed by atoms with Crippen LogP contribution in [0.3, 0.4) is 0 Å². The van der Waals surface area contributed by atoms with Gasteiger partial charge >= 0.3 is 12.1 Å². The molecule has 0 spiro atoms. The average molecular weight is 382 g/mol. The van der Waals surface area contributed by atoms with Crippen molar-refractivity contribution in [1.29, 1.82) is 0 Å². The molecule has 0 fully saturated rings. The van der Waals surface area contributed by atoms with Crippen molar-refractivity contribution in [3.05, 3.63) is 57.2 Å². The number of fused-ring (bicyclic) bond motifs is 1. The molecule has 1 unspecified atom stereocenters. The van der Waals surface area contributed by atoms with Crippen LogP contribution in [0.15, 0.2) is 41.5 Å². The Bertz CT molecular complexity index is 858. The Labute approximate surface area is 153 Å². The van der Waals surface area contributed by atoms with E-state index in [1.165, 1.54) is 19.2 Å². The van der Waals surface area contributed by atoms with Gasteiger partial charge in [0, 0.05) is 18.7 Å². The zero-order chi connectivity index (χ0) is 20.0. The minimum atomic E-state index is -4.83. The summed E-state index contributed by atoms with van der Waals surface area (Å²) < 4.78 is 46.1. The van der Waals surface area contributed by atoms with Gasteiger partial charge in [-0.25, -0.2) is 4.79 Å². The first-order chi connectivity index (χ1) is 12.6. The summed E-state index contributed by atoms with van der Waals surface area (Å²) in [6.07, 6.45) is -3.28. The van der Waals surface area contributed by atoms with Crippen molar-refractivity contribution < 1.29 is 27.6 Å². The number of nitro groups is 1. The lowest BCUT2D eigenvalue weighted by Gasteiger charge is -2.37. The van der Waals surface area contributed by atoms with Crippen LogP contribution in [0.1, 0.15) is 18.4 Å². The molecular formula is C18H17F3N2O4. The van der Waals surface area contributed by atoms with Gasteiger partial charge in [-0.1, -0.05) is 0 Å². The monoisotopic (exact) mass is 382 g/mol. The Kier molecular flexibility index (Phi) is 4.59. The Morgan fingerprint density at radius 2 is 1.89 bits per heavy atom. The highest BCUT2D eigenvalue weighted by Gasteiger charge is 2.63. The van der Waals surface area contributed by atoms with Crippen LogP contribution in [-0.2, 0) is 9.53 Å². The Morgan fingerprint density at radius 3 is 2.41 bits per heavy atom. The van der Waals surface area contributed by atoms with Gasteiger partial charge in [-0.05, 0) is 60.4 Å². The molecule has 0 N–H and O–H groups in total. The fourth-order valence-electron chi connectivity index (χ4n) is 3.60. The molecule has 3 rings (SSSR count). The first-order valence-corrected chi connectivity index (χ1v) is 8.17. The highest BCUT2D eigenvalue weighted by atomic mass is 19.4. The summed E-state index contributed by atoms with van der Waals surface area (Å²) in [5.41, 5.74) is -0.108. The highest BCUT2D eigenvalue weighted by Crippen LogP contribution is 2.49. The van der Waals surface area contributed by atoms with Crippen molar-refractivity contribution in [3.63, 3.8) is 0 Å². The Morgan fingerprint density at radius 1 is 1.26 bits per heavy atom. The van der Waals surface area contributed by atoms with Gasteiger partial charge in [-0.3, -0.25) is 15.0 Å². The quantitative estimate of drug-likeness (QED) is 0.455. The number of esters is 1. The summed E-state index contributed by atoms with van der Waals surface area (Å²) in [5, 5.41) is 10.8. The van der Waals surface area contributed by atoms with E-state index < -0.39 is 22.6 Å². The van der Waals surface area contributed by atoms with Crippen LogP contribution < -0.4 is 0 Å². The average Bonchev–Trinajstić information content (AvgIpc) is 2.70. The number of carbonyl (C=O) groups excluding carboxylic acids is 1. The van der Waals surface area contributed by atoms with E-state index >= 15 is 0 Å². The van der Waals surface area contributed by atoms with E-state index in [1.807, 2.05) is 0 Å². The van der Waals surface area contributed by atoms with Crippen LogP contribution in [0.4, 0.5) is 18.9 Å². The molecule has 0 saturated heterocycles. The zero-order valence-electron chi connectivity index (χ0n) is 14.7. The first kappa shape index (κ1) is 19.1. The molecule has 0 amide bonds. The number of non-ortho nitro benzene ring substituents is 1. The third-order valence-corrected chi connectivity index (χ3v) is 5.16. The van der Waals surface area contributed by atoms with Crippen molar-refractivity contribution in [2.45, 2.75) is 24.6 Å². The van der Waals surface area contributed by atoms with Crippen LogP contribution in [-0.4, -0.2) is 48.2 Å². The lowest BCUT2D eigenvalue weighted by Crippen LogP contribution is -2.61. The number of hydrogen-bond acceptors (Lipinski definition) is 5. The van der Waals surface area contributed by atoms with E-state index in [9.17, 15) is 28.1 Å². The van der Waals surface area contributed by atoms with Gasteiger partial charge < -0.3 is 4.74 Å². The number of methoxy groups -OCH3 is 1. The zero-order valence-corrected chi connectivity index (χ0v) is 14.7. The predicted octanol–water partition coefficient (Wildman–Crippen LogP) is 3.49. The second kappa shape index (κ2) is 6.49. The number of rotatable bonds is 3. The van der Waals surface area contributed by atoms with Crippen LogP contribution >= 0.6 is 0 Å². The number of nitrogens with zero attached hydrogens (tertiary/aromatic N) is 2. The van der Waals surface area contributed by atoms with Gasteiger partial charge in [0.1, 0.15) is 0 Å². The molecule has 1 aromatic carbocycles. The summed E-state index contributed by atoms with van der Waals surface area (Å²) in [6, 6.07) is 5.90. The second-order valence-corrected chi connectivity index (χ2v) is 6.53. The molecule has 9 heteroatoms. The standard InChI is InChI=1S/C18H17F3N2O4/c1-22-8-7-14-12(10-17(22,16(24)27-2)18(19,20)21)9-15(14)11-3-5-13(6-4-11)23(25)26/h3-6,10H,7-9H2,1-2H3. The lowest BCUT2D eigenvalue weighted by atomic mass is 9.76. The van der Waals surface area contributed by atoms with Crippen molar-refractivity contribution in [3.8, 4) is 0 Å². The van der Waals surface area contributed by atoms with Crippen molar-refractivity contribution in [1.82, 2.24) is 4.90 Å². The van der Waals surface area contributed by atoms with Gasteiger partial charge in [0.25, 0.3) is 5.69 Å². The molecule has 0 radical (unpaired) electrons. The predicted molar refractivity (Wildman–Crippen MR) is 90.8 cm³/mol. The maximum absolute atomic E-state index is 13.9. The number of hydrogen-bond donors (Lipinski definition) is 0. The van der Waals surface area contributed by atoms with Gasteiger partial charge in [0.15, 0.2) is 0 Å². The minimum Gasteiger partial charge on any atom is -0.467 e. The van der Waals surface area contributed by atoms with Crippen molar-refractivity contribution in [2.75, 3.05) is 20.7 Å². The minimum absolute atomic E-state index is 0.0143. The molecule has 0 saturated carbocycles.